The molecule has 3 aromatic rings. The van der Waals surface area contributed by atoms with Gasteiger partial charge in [-0.2, -0.15) is 0 Å². The lowest BCUT2D eigenvalue weighted by Gasteiger charge is -2.08. The molecule has 1 heterocycles. The van der Waals surface area contributed by atoms with E-state index in [0.29, 0.717) is 27.0 Å². The van der Waals surface area contributed by atoms with Gasteiger partial charge in [0.25, 0.3) is 0 Å². The zero-order valence-electron chi connectivity index (χ0n) is 11.6. The lowest BCUT2D eigenvalue weighted by Crippen LogP contribution is -2.18. The summed E-state index contributed by atoms with van der Waals surface area (Å²) in [4.78, 5) is 12.2. The van der Waals surface area contributed by atoms with Crippen molar-refractivity contribution in [3.63, 3.8) is 0 Å². The Morgan fingerprint density at radius 1 is 1.14 bits per heavy atom. The van der Waals surface area contributed by atoms with Crippen LogP contribution in [0.1, 0.15) is 5.56 Å². The highest BCUT2D eigenvalue weighted by Crippen LogP contribution is 2.22. The van der Waals surface area contributed by atoms with Gasteiger partial charge in [0.05, 0.1) is 18.2 Å². The number of aromatic nitrogens is 1. The highest BCUT2D eigenvalue weighted by Gasteiger charge is 2.09. The van der Waals surface area contributed by atoms with Crippen molar-refractivity contribution in [3.05, 3.63) is 63.2 Å². The van der Waals surface area contributed by atoms with Crippen LogP contribution in [0.3, 0.4) is 0 Å². The number of rotatable bonds is 2. The second-order valence-corrected chi connectivity index (χ2v) is 5.09. The third-order valence-corrected chi connectivity index (χ3v) is 3.69. The van der Waals surface area contributed by atoms with Gasteiger partial charge in [0, 0.05) is 0 Å². The minimum atomic E-state index is -0.499. The van der Waals surface area contributed by atoms with E-state index in [2.05, 4.69) is 0 Å². The molecule has 21 heavy (non-hydrogen) atoms. The Kier molecular flexibility index (Phi) is 3.35. The Balaban J connectivity index is 2.35. The smallest absolute Gasteiger partial charge is 0.425 e. The van der Waals surface area contributed by atoms with Crippen molar-refractivity contribution in [2.45, 2.75) is 6.92 Å². The average molecular weight is 299 g/mol. The van der Waals surface area contributed by atoms with Crippen molar-refractivity contribution < 1.29 is 9.15 Å². The molecule has 0 amide bonds. The van der Waals surface area contributed by atoms with Crippen molar-refractivity contribution in [1.82, 2.24) is 4.57 Å². The fraction of sp³-hybridized carbons (Fsp3) is 0.125. The molecular weight excluding hydrogens is 286 g/mol. The van der Waals surface area contributed by atoms with Gasteiger partial charge < -0.3 is 9.15 Å². The van der Waals surface area contributed by atoms with Crippen LogP contribution in [0.5, 0.6) is 5.75 Å². The summed E-state index contributed by atoms with van der Waals surface area (Å²) >= 11 is 5.45. The SMILES string of the molecule is COc1ccc2oc(=O)n(-c3ccc(C)cc3)c(=S)c2c1. The highest BCUT2D eigenvalue weighted by molar-refractivity contribution is 7.71. The highest BCUT2D eigenvalue weighted by atomic mass is 32.1. The molecule has 0 saturated carbocycles. The lowest BCUT2D eigenvalue weighted by atomic mass is 10.2. The number of methoxy groups -OCH3 is 1. The first-order valence-electron chi connectivity index (χ1n) is 6.41. The number of ether oxygens (including phenoxy) is 1. The Morgan fingerprint density at radius 2 is 1.86 bits per heavy atom. The number of hydrogen-bond acceptors (Lipinski definition) is 4. The zero-order chi connectivity index (χ0) is 15.0. The first-order valence-corrected chi connectivity index (χ1v) is 6.82. The van der Waals surface area contributed by atoms with Gasteiger partial charge >= 0.3 is 5.76 Å². The van der Waals surface area contributed by atoms with E-state index in [1.165, 1.54) is 4.57 Å². The Hall–Kier alpha value is -2.40. The maximum atomic E-state index is 12.2. The normalized spacial score (nSPS) is 10.8. The number of aryl methyl sites for hydroxylation is 1. The molecule has 0 N–H and O–H groups in total. The summed E-state index contributed by atoms with van der Waals surface area (Å²) in [5.74, 6) is 0.166. The molecular formula is C16H13NO3S. The first kappa shape index (κ1) is 13.6. The largest absolute Gasteiger partial charge is 0.497 e. The minimum Gasteiger partial charge on any atom is -0.497 e. The van der Waals surface area contributed by atoms with E-state index in [0.717, 1.165) is 5.56 Å². The fourth-order valence-corrected chi connectivity index (χ4v) is 2.49. The van der Waals surface area contributed by atoms with Crippen LogP contribution in [0.4, 0.5) is 0 Å². The maximum absolute atomic E-state index is 12.2. The molecule has 0 aliphatic rings. The summed E-state index contributed by atoms with van der Waals surface area (Å²) in [5, 5.41) is 0.671. The molecule has 1 aromatic heterocycles. The monoisotopic (exact) mass is 299 g/mol. The van der Waals surface area contributed by atoms with E-state index >= 15 is 0 Å². The molecule has 5 heteroatoms. The second-order valence-electron chi connectivity index (χ2n) is 4.71. The van der Waals surface area contributed by atoms with Crippen LogP contribution in [-0.2, 0) is 0 Å². The van der Waals surface area contributed by atoms with Crippen molar-refractivity contribution in [2.75, 3.05) is 7.11 Å². The fourth-order valence-electron chi connectivity index (χ4n) is 2.15. The maximum Gasteiger partial charge on any atom is 0.425 e. The molecule has 0 atom stereocenters. The number of hydrogen-bond donors (Lipinski definition) is 0. The molecule has 0 radical (unpaired) electrons. The van der Waals surface area contributed by atoms with Gasteiger partial charge in [0.15, 0.2) is 0 Å². The van der Waals surface area contributed by atoms with E-state index < -0.39 is 5.76 Å². The number of fused-ring (bicyclic) bond motifs is 1. The molecule has 0 aliphatic carbocycles. The Morgan fingerprint density at radius 3 is 2.52 bits per heavy atom. The summed E-state index contributed by atoms with van der Waals surface area (Å²) in [5.41, 5.74) is 2.25. The Bertz CT molecular complexity index is 923. The predicted octanol–water partition coefficient (Wildman–Crippen LogP) is 3.63. The van der Waals surface area contributed by atoms with Gasteiger partial charge in [-0.25, -0.2) is 9.36 Å². The predicted molar refractivity (Wildman–Crippen MR) is 83.9 cm³/mol. The van der Waals surface area contributed by atoms with Gasteiger partial charge in [0.2, 0.25) is 0 Å². The van der Waals surface area contributed by atoms with Crippen molar-refractivity contribution >= 4 is 23.2 Å². The van der Waals surface area contributed by atoms with Crippen LogP contribution >= 0.6 is 12.2 Å². The van der Waals surface area contributed by atoms with Crippen LogP contribution in [0.25, 0.3) is 16.7 Å². The number of nitrogens with zero attached hydrogens (tertiary/aromatic N) is 1. The lowest BCUT2D eigenvalue weighted by molar-refractivity contribution is 0.414. The zero-order valence-corrected chi connectivity index (χ0v) is 12.4. The van der Waals surface area contributed by atoms with Crippen LogP contribution in [-0.4, -0.2) is 11.7 Å². The molecule has 4 nitrogen and oxygen atoms in total. The third kappa shape index (κ3) is 2.36. The topological polar surface area (TPSA) is 44.4 Å². The molecule has 0 bridgehead atoms. The van der Waals surface area contributed by atoms with Crippen molar-refractivity contribution in [2.24, 2.45) is 0 Å². The average Bonchev–Trinajstić information content (AvgIpc) is 2.49. The minimum absolute atomic E-state index is 0.406. The van der Waals surface area contributed by atoms with E-state index in [9.17, 15) is 4.79 Å². The van der Waals surface area contributed by atoms with Gasteiger partial charge in [-0.15, -0.1) is 0 Å². The van der Waals surface area contributed by atoms with E-state index in [1.54, 1.807) is 25.3 Å². The molecule has 2 aromatic carbocycles. The molecule has 0 spiro atoms. The molecule has 0 aliphatic heterocycles. The van der Waals surface area contributed by atoms with Gasteiger partial charge in [-0.05, 0) is 37.3 Å². The summed E-state index contributed by atoms with van der Waals surface area (Å²) in [6.45, 7) is 1.98. The first-order chi connectivity index (χ1) is 10.1. The standard InChI is InChI=1S/C16H13NO3S/c1-10-3-5-11(6-4-10)17-15(21)13-9-12(19-2)7-8-14(13)20-16(17)18/h3-9H,1-2H3. The molecule has 3 rings (SSSR count). The van der Waals surface area contributed by atoms with Crippen molar-refractivity contribution in [1.29, 1.82) is 0 Å². The molecule has 106 valence electrons. The van der Waals surface area contributed by atoms with Crippen LogP contribution in [0.2, 0.25) is 0 Å². The van der Waals surface area contributed by atoms with Crippen LogP contribution in [0, 0.1) is 11.6 Å². The summed E-state index contributed by atoms with van der Waals surface area (Å²) in [6, 6.07) is 12.7. The van der Waals surface area contributed by atoms with E-state index in [-0.39, 0.29) is 0 Å². The second kappa shape index (κ2) is 5.18. The van der Waals surface area contributed by atoms with Crippen LogP contribution in [0.15, 0.2) is 51.7 Å². The molecule has 0 unspecified atom stereocenters. The quantitative estimate of drug-likeness (QED) is 0.678. The summed E-state index contributed by atoms with van der Waals surface area (Å²) in [6.07, 6.45) is 0. The van der Waals surface area contributed by atoms with E-state index in [1.807, 2.05) is 31.2 Å². The van der Waals surface area contributed by atoms with Gasteiger partial charge in [-0.1, -0.05) is 29.9 Å². The van der Waals surface area contributed by atoms with Gasteiger partial charge in [-0.3, -0.25) is 0 Å². The summed E-state index contributed by atoms with van der Waals surface area (Å²) in [7, 11) is 1.58. The van der Waals surface area contributed by atoms with Crippen LogP contribution < -0.4 is 10.5 Å². The molecule has 0 saturated heterocycles. The Labute approximate surface area is 126 Å². The van der Waals surface area contributed by atoms with Gasteiger partial charge in [0.1, 0.15) is 16.0 Å². The summed E-state index contributed by atoms with van der Waals surface area (Å²) < 4.78 is 12.3. The number of benzene rings is 2. The van der Waals surface area contributed by atoms with E-state index in [4.69, 9.17) is 21.4 Å². The van der Waals surface area contributed by atoms with Crippen molar-refractivity contribution in [3.8, 4) is 11.4 Å². The molecule has 0 fully saturated rings. The third-order valence-electron chi connectivity index (χ3n) is 3.29.